The number of benzene rings is 2. The molecule has 0 spiro atoms. The van der Waals surface area contributed by atoms with Crippen LogP contribution in [0.1, 0.15) is 75.7 Å². The van der Waals surface area contributed by atoms with Crippen molar-refractivity contribution in [1.29, 1.82) is 0 Å². The molecule has 1 unspecified atom stereocenters. The molecule has 1 atom stereocenters. The molecule has 0 amide bonds. The van der Waals surface area contributed by atoms with Gasteiger partial charge >= 0.3 is 0 Å². The van der Waals surface area contributed by atoms with Crippen molar-refractivity contribution in [1.82, 2.24) is 0 Å². The summed E-state index contributed by atoms with van der Waals surface area (Å²) >= 11 is 1.77. The Kier molecular flexibility index (Phi) is 19.7. The summed E-state index contributed by atoms with van der Waals surface area (Å²) in [5.41, 5.74) is 0. The third-order valence-corrected chi connectivity index (χ3v) is 7.47. The second kappa shape index (κ2) is 23.8. The lowest BCUT2D eigenvalue weighted by molar-refractivity contribution is -0.628. The molecule has 0 aliphatic carbocycles. The molecule has 2 N–H and O–H groups in total. The van der Waals surface area contributed by atoms with Crippen LogP contribution in [0.15, 0.2) is 121 Å². The molecular formula is C38H49NO3S. The Hall–Kier alpha value is -3.67. The van der Waals surface area contributed by atoms with Crippen LogP contribution < -0.4 is 15.2 Å². The minimum absolute atomic E-state index is 0.131. The highest BCUT2D eigenvalue weighted by molar-refractivity contribution is 7.10. The van der Waals surface area contributed by atoms with Gasteiger partial charge in [-0.2, -0.15) is 0 Å². The first-order chi connectivity index (χ1) is 21.2. The molecule has 0 bridgehead atoms. The van der Waals surface area contributed by atoms with Crippen LogP contribution in [0.5, 0.6) is 5.75 Å². The van der Waals surface area contributed by atoms with Crippen LogP contribution in [0.4, 0.5) is 0 Å². The first-order valence-electron chi connectivity index (χ1n) is 15.6. The van der Waals surface area contributed by atoms with E-state index in [0.29, 0.717) is 6.42 Å². The van der Waals surface area contributed by atoms with Crippen molar-refractivity contribution in [2.75, 3.05) is 13.6 Å². The molecule has 5 heteroatoms. The molecule has 0 fully saturated rings. The Morgan fingerprint density at radius 1 is 0.837 bits per heavy atom. The highest BCUT2D eigenvalue weighted by Crippen LogP contribution is 2.32. The molecule has 3 aromatic rings. The van der Waals surface area contributed by atoms with Crippen LogP contribution in [-0.4, -0.2) is 19.6 Å². The highest BCUT2D eigenvalue weighted by Gasteiger charge is 2.16. The van der Waals surface area contributed by atoms with Crippen molar-refractivity contribution in [2.24, 2.45) is 0 Å². The Labute approximate surface area is 263 Å². The van der Waals surface area contributed by atoms with Gasteiger partial charge < -0.3 is 20.0 Å². The van der Waals surface area contributed by atoms with Gasteiger partial charge in [-0.05, 0) is 74.3 Å². The zero-order valence-corrected chi connectivity index (χ0v) is 26.7. The number of ether oxygens (including phenoxy) is 1. The SMILES string of the molecule is CC/C=C\C/C=C\C/C=C\C/C=C\C/C=C\CCCC(=O)[O-].C[NH2+]CCC(Oc1cccc2ccccc12)c1cccs1. The molecular weight excluding hydrogens is 550 g/mol. The zero-order valence-electron chi connectivity index (χ0n) is 25.9. The number of aliphatic carboxylic acids is 1. The Bertz CT molecular complexity index is 1280. The number of thiophene rings is 1. The first kappa shape index (κ1) is 35.5. The van der Waals surface area contributed by atoms with E-state index in [1.165, 1.54) is 15.6 Å². The van der Waals surface area contributed by atoms with Crippen molar-refractivity contribution < 1.29 is 20.0 Å². The number of hydrogen-bond acceptors (Lipinski definition) is 4. The summed E-state index contributed by atoms with van der Waals surface area (Å²) in [5.74, 6) is 0.00922. The van der Waals surface area contributed by atoms with Crippen molar-refractivity contribution in [2.45, 2.75) is 70.8 Å². The summed E-state index contributed by atoms with van der Waals surface area (Å²) in [5, 5.41) is 16.9. The number of fused-ring (bicyclic) bond motifs is 1. The number of rotatable bonds is 19. The second-order valence-corrected chi connectivity index (χ2v) is 11.0. The van der Waals surface area contributed by atoms with Gasteiger partial charge in [-0.25, -0.2) is 0 Å². The average Bonchev–Trinajstić information content (AvgIpc) is 3.56. The number of carbonyl (C=O) groups is 1. The maximum atomic E-state index is 10.2. The largest absolute Gasteiger partial charge is 0.550 e. The molecule has 4 nitrogen and oxygen atoms in total. The number of nitrogens with two attached hydrogens (primary N) is 1. The predicted molar refractivity (Wildman–Crippen MR) is 182 cm³/mol. The Morgan fingerprint density at radius 3 is 2.07 bits per heavy atom. The van der Waals surface area contributed by atoms with Crippen LogP contribution in [0.3, 0.4) is 0 Å². The van der Waals surface area contributed by atoms with Gasteiger partial charge in [0.2, 0.25) is 0 Å². The molecule has 2 aromatic carbocycles. The Morgan fingerprint density at radius 2 is 1.47 bits per heavy atom. The minimum Gasteiger partial charge on any atom is -0.550 e. The van der Waals surface area contributed by atoms with E-state index < -0.39 is 5.97 Å². The second-order valence-electron chi connectivity index (χ2n) is 10.1. The molecule has 0 aliphatic heterocycles. The van der Waals surface area contributed by atoms with Gasteiger partial charge in [0.25, 0.3) is 0 Å². The van der Waals surface area contributed by atoms with Gasteiger partial charge in [-0.1, -0.05) is 110 Å². The maximum absolute atomic E-state index is 10.2. The fraction of sp³-hybridized carbons (Fsp3) is 0.342. The summed E-state index contributed by atoms with van der Waals surface area (Å²) in [6.07, 6.45) is 29.2. The molecule has 0 radical (unpaired) electrons. The molecule has 0 aliphatic rings. The van der Waals surface area contributed by atoms with E-state index >= 15 is 0 Å². The number of quaternary nitrogens is 1. The van der Waals surface area contributed by atoms with E-state index in [9.17, 15) is 9.90 Å². The van der Waals surface area contributed by atoms with Crippen LogP contribution >= 0.6 is 11.3 Å². The van der Waals surface area contributed by atoms with Gasteiger partial charge in [0.05, 0.1) is 13.6 Å². The molecule has 43 heavy (non-hydrogen) atoms. The number of hydrogen-bond donors (Lipinski definition) is 1. The summed E-state index contributed by atoms with van der Waals surface area (Å²) in [4.78, 5) is 11.5. The van der Waals surface area contributed by atoms with Crippen molar-refractivity contribution in [3.63, 3.8) is 0 Å². The standard InChI is InChI=1S/C20H30O2.C18H19NOS/c1-2-3-4-5-6-7-8-9-10-11-12-13-14-15-16-17-18-19-20(21)22;1-19-12-11-17(18-10-5-13-21-18)20-16-9-4-7-14-6-2-3-8-15(14)16/h3-4,6-7,9-10,12-13,15-16H,2,5,8,11,14,17-19H2,1H3,(H,21,22);2-10,13,17,19H,11-12H2,1H3/b4-3-,7-6-,10-9-,13-12-,16-15-;. The van der Waals surface area contributed by atoms with Crippen molar-refractivity contribution in [3.05, 3.63) is 126 Å². The fourth-order valence-electron chi connectivity index (χ4n) is 4.24. The Balaban J connectivity index is 0.000000300. The van der Waals surface area contributed by atoms with Crippen LogP contribution in [0, 0.1) is 0 Å². The smallest absolute Gasteiger partial charge is 0.138 e. The predicted octanol–water partition coefficient (Wildman–Crippen LogP) is 8.26. The minimum atomic E-state index is -0.965. The van der Waals surface area contributed by atoms with Crippen molar-refractivity contribution in [3.8, 4) is 5.75 Å². The molecule has 0 saturated carbocycles. The van der Waals surface area contributed by atoms with E-state index in [1.807, 2.05) is 6.08 Å². The molecule has 230 valence electrons. The topological polar surface area (TPSA) is 66.0 Å². The van der Waals surface area contributed by atoms with Crippen LogP contribution in [0.2, 0.25) is 0 Å². The van der Waals surface area contributed by atoms with E-state index in [4.69, 9.17) is 4.74 Å². The zero-order chi connectivity index (χ0) is 30.8. The lowest BCUT2D eigenvalue weighted by atomic mass is 10.1. The van der Waals surface area contributed by atoms with Gasteiger partial charge in [0.15, 0.2) is 0 Å². The van der Waals surface area contributed by atoms with E-state index in [2.05, 4.69) is 134 Å². The summed E-state index contributed by atoms with van der Waals surface area (Å²) in [6.45, 7) is 3.21. The van der Waals surface area contributed by atoms with Crippen LogP contribution in [0.25, 0.3) is 10.8 Å². The number of carboxylic acid groups (broad SMARTS) is 1. The fourth-order valence-corrected chi connectivity index (χ4v) is 5.03. The first-order valence-corrected chi connectivity index (χ1v) is 16.4. The van der Waals surface area contributed by atoms with Gasteiger partial charge in [-0.3, -0.25) is 0 Å². The molecule has 0 saturated heterocycles. The quantitative estimate of drug-likeness (QED) is 0.111. The normalized spacial score (nSPS) is 12.6. The van der Waals surface area contributed by atoms with Gasteiger partial charge in [-0.15, -0.1) is 11.3 Å². The maximum Gasteiger partial charge on any atom is 0.138 e. The van der Waals surface area contributed by atoms with Crippen LogP contribution in [-0.2, 0) is 4.79 Å². The van der Waals surface area contributed by atoms with Crippen molar-refractivity contribution >= 4 is 28.1 Å². The summed E-state index contributed by atoms with van der Waals surface area (Å²) in [7, 11) is 2.10. The number of carbonyl (C=O) groups excluding carboxylic acids is 1. The third kappa shape index (κ3) is 16.5. The molecule has 1 heterocycles. The molecule has 3 rings (SSSR count). The van der Waals surface area contributed by atoms with E-state index in [-0.39, 0.29) is 12.5 Å². The highest BCUT2D eigenvalue weighted by atomic mass is 32.1. The average molecular weight is 600 g/mol. The number of carboxylic acids is 1. The third-order valence-electron chi connectivity index (χ3n) is 6.51. The van der Waals surface area contributed by atoms with Gasteiger partial charge in [0.1, 0.15) is 11.9 Å². The summed E-state index contributed by atoms with van der Waals surface area (Å²) < 4.78 is 6.36. The van der Waals surface area contributed by atoms with Gasteiger partial charge in [0, 0.05) is 22.7 Å². The molecule has 1 aromatic heterocycles. The lowest BCUT2D eigenvalue weighted by Crippen LogP contribution is -2.79. The lowest BCUT2D eigenvalue weighted by Gasteiger charge is -2.18. The number of allylic oxidation sites excluding steroid dienone is 10. The number of unbranched alkanes of at least 4 members (excludes halogenated alkanes) is 1. The van der Waals surface area contributed by atoms with E-state index in [0.717, 1.165) is 57.2 Å². The monoisotopic (exact) mass is 599 g/mol. The van der Waals surface area contributed by atoms with E-state index in [1.54, 1.807) is 11.3 Å². The summed E-state index contributed by atoms with van der Waals surface area (Å²) in [6, 6.07) is 18.9.